The van der Waals surface area contributed by atoms with Crippen molar-refractivity contribution in [2.45, 2.75) is 64.3 Å². The maximum absolute atomic E-state index is 5.88. The number of nitrogens with one attached hydrogen (secondary N) is 1. The van der Waals surface area contributed by atoms with Crippen molar-refractivity contribution in [1.82, 2.24) is 5.43 Å². The summed E-state index contributed by atoms with van der Waals surface area (Å²) in [5, 5.41) is 0. The van der Waals surface area contributed by atoms with Crippen molar-refractivity contribution in [3.63, 3.8) is 0 Å². The van der Waals surface area contributed by atoms with Gasteiger partial charge in [0, 0.05) is 6.04 Å². The van der Waals surface area contributed by atoms with E-state index in [9.17, 15) is 0 Å². The summed E-state index contributed by atoms with van der Waals surface area (Å²) >= 11 is 0. The fraction of sp³-hybridized carbons (Fsp3) is 1.00. The lowest BCUT2D eigenvalue weighted by Crippen LogP contribution is -2.47. The summed E-state index contributed by atoms with van der Waals surface area (Å²) in [7, 11) is 0. The first kappa shape index (κ1) is 12.0. The molecule has 3 rings (SSSR count). The first-order valence-electron chi connectivity index (χ1n) is 7.78. The molecule has 3 N–H and O–H groups in total. The van der Waals surface area contributed by atoms with Crippen molar-refractivity contribution in [2.24, 2.45) is 35.4 Å². The second-order valence-corrected chi connectivity index (χ2v) is 6.88. The first-order valence-corrected chi connectivity index (χ1v) is 7.78. The molecule has 3 aliphatic rings. The number of hydrazine groups is 1. The van der Waals surface area contributed by atoms with Crippen molar-refractivity contribution in [3.05, 3.63) is 0 Å². The molecule has 0 aromatic carbocycles. The van der Waals surface area contributed by atoms with Crippen molar-refractivity contribution in [1.29, 1.82) is 0 Å². The molecule has 17 heavy (non-hydrogen) atoms. The summed E-state index contributed by atoms with van der Waals surface area (Å²) < 4.78 is 0. The van der Waals surface area contributed by atoms with Crippen LogP contribution in [0.15, 0.2) is 0 Å². The molecule has 3 aliphatic carbocycles. The van der Waals surface area contributed by atoms with Crippen molar-refractivity contribution >= 4 is 0 Å². The zero-order valence-electron chi connectivity index (χ0n) is 11.2. The smallest absolute Gasteiger partial charge is 0.0267 e. The predicted octanol–water partition coefficient (Wildman–Crippen LogP) is 3.08. The van der Waals surface area contributed by atoms with Crippen LogP contribution in [0, 0.1) is 29.6 Å². The molecule has 98 valence electrons. The summed E-state index contributed by atoms with van der Waals surface area (Å²) in [5.41, 5.74) is 3.20. The van der Waals surface area contributed by atoms with E-state index in [1.807, 2.05) is 0 Å². The number of nitrogens with two attached hydrogens (primary N) is 1. The van der Waals surface area contributed by atoms with E-state index in [2.05, 4.69) is 12.3 Å². The quantitative estimate of drug-likeness (QED) is 0.581. The predicted molar refractivity (Wildman–Crippen MR) is 71.2 cm³/mol. The van der Waals surface area contributed by atoms with Crippen LogP contribution in [0.4, 0.5) is 0 Å². The Morgan fingerprint density at radius 2 is 1.82 bits per heavy atom. The van der Waals surface area contributed by atoms with E-state index in [0.29, 0.717) is 6.04 Å². The molecule has 0 saturated heterocycles. The van der Waals surface area contributed by atoms with E-state index in [0.717, 1.165) is 29.6 Å². The summed E-state index contributed by atoms with van der Waals surface area (Å²) in [6.45, 7) is 2.35. The van der Waals surface area contributed by atoms with Gasteiger partial charge in [0.25, 0.3) is 0 Å². The molecule has 3 saturated carbocycles. The molecule has 0 aliphatic heterocycles. The number of rotatable bonds is 4. The van der Waals surface area contributed by atoms with Crippen LogP contribution in [-0.4, -0.2) is 6.04 Å². The van der Waals surface area contributed by atoms with Gasteiger partial charge in [-0.25, -0.2) is 0 Å². The highest BCUT2D eigenvalue weighted by molar-refractivity contribution is 5.00. The Labute approximate surface area is 106 Å². The van der Waals surface area contributed by atoms with Crippen LogP contribution in [0.5, 0.6) is 0 Å². The molecule has 3 fully saturated rings. The highest BCUT2D eigenvalue weighted by Crippen LogP contribution is 2.56. The van der Waals surface area contributed by atoms with Crippen molar-refractivity contribution in [2.75, 3.05) is 0 Å². The molecule has 2 nitrogen and oxygen atoms in total. The van der Waals surface area contributed by atoms with Crippen LogP contribution in [0.2, 0.25) is 0 Å². The Hall–Kier alpha value is -0.0800. The van der Waals surface area contributed by atoms with Gasteiger partial charge >= 0.3 is 0 Å². The van der Waals surface area contributed by atoms with Gasteiger partial charge in [-0.3, -0.25) is 11.3 Å². The molecular weight excluding hydrogens is 208 g/mol. The van der Waals surface area contributed by atoms with Gasteiger partial charge in [0.05, 0.1) is 0 Å². The van der Waals surface area contributed by atoms with Crippen molar-refractivity contribution in [3.8, 4) is 0 Å². The van der Waals surface area contributed by atoms with E-state index in [1.165, 1.54) is 51.4 Å². The third kappa shape index (κ3) is 2.39. The largest absolute Gasteiger partial charge is 0.271 e. The Morgan fingerprint density at radius 1 is 1.06 bits per heavy atom. The average molecular weight is 236 g/mol. The lowest BCUT2D eigenvalue weighted by Gasteiger charge is -2.37. The van der Waals surface area contributed by atoms with Gasteiger partial charge in [-0.1, -0.05) is 26.2 Å². The molecule has 0 radical (unpaired) electrons. The second-order valence-electron chi connectivity index (χ2n) is 6.88. The Kier molecular flexibility index (Phi) is 3.45. The molecule has 0 aromatic rings. The molecule has 0 amide bonds. The SMILES string of the molecule is CCC1CCCC(C(NN)C2CC3CC3C2)C1. The van der Waals surface area contributed by atoms with Crippen LogP contribution in [0.3, 0.4) is 0 Å². The molecule has 0 spiro atoms. The van der Waals surface area contributed by atoms with Gasteiger partial charge < -0.3 is 0 Å². The second kappa shape index (κ2) is 4.89. The number of hydrogen-bond donors (Lipinski definition) is 2. The maximum atomic E-state index is 5.88. The van der Waals surface area contributed by atoms with Gasteiger partial charge in [-0.05, 0) is 61.7 Å². The van der Waals surface area contributed by atoms with E-state index < -0.39 is 0 Å². The summed E-state index contributed by atoms with van der Waals surface area (Å²) in [5.74, 6) is 10.8. The zero-order valence-corrected chi connectivity index (χ0v) is 11.2. The van der Waals surface area contributed by atoms with Gasteiger partial charge in [-0.15, -0.1) is 0 Å². The van der Waals surface area contributed by atoms with Gasteiger partial charge in [0.15, 0.2) is 0 Å². The fourth-order valence-corrected chi connectivity index (χ4v) is 4.74. The Morgan fingerprint density at radius 3 is 2.47 bits per heavy atom. The molecule has 0 bridgehead atoms. The molecule has 0 aromatic heterocycles. The summed E-state index contributed by atoms with van der Waals surface area (Å²) in [6.07, 6.45) is 11.6. The molecule has 2 heteroatoms. The molecule has 5 unspecified atom stereocenters. The summed E-state index contributed by atoms with van der Waals surface area (Å²) in [6, 6.07) is 0.622. The van der Waals surface area contributed by atoms with Crippen LogP contribution in [0.1, 0.15) is 58.3 Å². The standard InChI is InChI=1S/C15H28N2/c1-2-10-4-3-5-11(6-10)15(17-16)14-8-12-7-13(12)9-14/h10-15,17H,2-9,16H2,1H3. The van der Waals surface area contributed by atoms with Crippen LogP contribution in [-0.2, 0) is 0 Å². The van der Waals surface area contributed by atoms with E-state index in [-0.39, 0.29) is 0 Å². The van der Waals surface area contributed by atoms with Crippen LogP contribution in [0.25, 0.3) is 0 Å². The van der Waals surface area contributed by atoms with Gasteiger partial charge in [-0.2, -0.15) is 0 Å². The average Bonchev–Trinajstić information content (AvgIpc) is 2.98. The number of fused-ring (bicyclic) bond motifs is 1. The lowest BCUT2D eigenvalue weighted by molar-refractivity contribution is 0.163. The normalized spacial score (nSPS) is 46.6. The topological polar surface area (TPSA) is 38.0 Å². The minimum absolute atomic E-state index is 0.622. The highest BCUT2D eigenvalue weighted by atomic mass is 15.2. The third-order valence-electron chi connectivity index (χ3n) is 5.89. The monoisotopic (exact) mass is 236 g/mol. The van der Waals surface area contributed by atoms with Crippen molar-refractivity contribution < 1.29 is 0 Å². The highest BCUT2D eigenvalue weighted by Gasteiger charge is 2.49. The van der Waals surface area contributed by atoms with E-state index in [1.54, 1.807) is 0 Å². The lowest BCUT2D eigenvalue weighted by atomic mass is 9.73. The van der Waals surface area contributed by atoms with Gasteiger partial charge in [0.1, 0.15) is 0 Å². The molecule has 5 atom stereocenters. The third-order valence-corrected chi connectivity index (χ3v) is 5.89. The Bertz CT molecular complexity index is 256. The zero-order chi connectivity index (χ0) is 11.8. The Balaban J connectivity index is 1.59. The molecule has 0 heterocycles. The number of hydrogen-bond acceptors (Lipinski definition) is 2. The fourth-order valence-electron chi connectivity index (χ4n) is 4.74. The van der Waals surface area contributed by atoms with Crippen LogP contribution < -0.4 is 11.3 Å². The van der Waals surface area contributed by atoms with Gasteiger partial charge in [0.2, 0.25) is 0 Å². The van der Waals surface area contributed by atoms with E-state index >= 15 is 0 Å². The van der Waals surface area contributed by atoms with E-state index in [4.69, 9.17) is 5.84 Å². The first-order chi connectivity index (χ1) is 8.31. The maximum Gasteiger partial charge on any atom is 0.0267 e. The minimum atomic E-state index is 0.622. The molecular formula is C15H28N2. The summed E-state index contributed by atoms with van der Waals surface area (Å²) in [4.78, 5) is 0. The van der Waals surface area contributed by atoms with Crippen LogP contribution >= 0.6 is 0 Å². The minimum Gasteiger partial charge on any atom is -0.271 e.